The molecule has 4 aliphatic rings. The van der Waals surface area contributed by atoms with Gasteiger partial charge in [0.1, 0.15) is 0 Å². The van der Waals surface area contributed by atoms with Gasteiger partial charge in [-0.2, -0.15) is 11.8 Å². The van der Waals surface area contributed by atoms with Gasteiger partial charge in [-0.25, -0.2) is 0 Å². The molecule has 0 amide bonds. The summed E-state index contributed by atoms with van der Waals surface area (Å²) >= 11 is 2.13. The number of fused-ring (bicyclic) bond motifs is 5. The fourth-order valence-corrected chi connectivity index (χ4v) is 11.1. The lowest BCUT2D eigenvalue weighted by atomic mass is 9.49. The van der Waals surface area contributed by atoms with E-state index in [-0.39, 0.29) is 22.7 Å². The molecule has 0 aromatic heterocycles. The third-order valence-electron chi connectivity index (χ3n) is 11.9. The molecule has 0 aromatic carbocycles. The second-order valence-corrected chi connectivity index (χ2v) is 22.2. The van der Waals surface area contributed by atoms with Crippen molar-refractivity contribution in [3.63, 3.8) is 0 Å². The van der Waals surface area contributed by atoms with Crippen LogP contribution in [0, 0.1) is 28.6 Å². The maximum Gasteiger partial charge on any atom is 0.192 e. The molecule has 218 valence electrons. The number of hydrogen-bond acceptors (Lipinski definition) is 4. The maximum atomic E-state index is 11.7. The van der Waals surface area contributed by atoms with Gasteiger partial charge in [0.2, 0.25) is 0 Å². The smallest absolute Gasteiger partial charge is 0.192 e. The average Bonchev–Trinajstić information content (AvgIpc) is 3.13. The summed E-state index contributed by atoms with van der Waals surface area (Å²) in [6.07, 6.45) is 13.5. The summed E-state index contributed by atoms with van der Waals surface area (Å²) < 4.78 is 6.83. The SMILES string of the molecule is C[C@@H](SCCCC(C)(C)O)[C@H]1CC[C@H]2C3=CC=C4C[C@@H](O[Si](C)(C)C(C)(C)C)C[C@H](O)[C@]4(C)[C@H]3CC[C@]12C. The second-order valence-electron chi connectivity index (χ2n) is 15.9. The summed E-state index contributed by atoms with van der Waals surface area (Å²) in [6, 6.07) is 0. The summed E-state index contributed by atoms with van der Waals surface area (Å²) in [5.41, 5.74) is 2.75. The van der Waals surface area contributed by atoms with Crippen molar-refractivity contribution < 1.29 is 14.6 Å². The van der Waals surface area contributed by atoms with Crippen LogP contribution in [0.4, 0.5) is 0 Å². The molecular formula is C33H58O3SSi. The molecule has 4 aliphatic carbocycles. The molecule has 5 heteroatoms. The zero-order chi connectivity index (χ0) is 28.3. The van der Waals surface area contributed by atoms with E-state index in [1.165, 1.54) is 31.3 Å². The van der Waals surface area contributed by atoms with Gasteiger partial charge >= 0.3 is 0 Å². The van der Waals surface area contributed by atoms with E-state index in [1.807, 2.05) is 13.8 Å². The van der Waals surface area contributed by atoms with E-state index in [0.29, 0.717) is 22.5 Å². The van der Waals surface area contributed by atoms with Crippen molar-refractivity contribution >= 4 is 20.1 Å². The van der Waals surface area contributed by atoms with Gasteiger partial charge in [-0.3, -0.25) is 0 Å². The van der Waals surface area contributed by atoms with Gasteiger partial charge in [-0.1, -0.05) is 64.8 Å². The van der Waals surface area contributed by atoms with Crippen LogP contribution in [0.1, 0.15) is 107 Å². The molecule has 2 N–H and O–H groups in total. The van der Waals surface area contributed by atoms with Crippen LogP contribution < -0.4 is 0 Å². The molecule has 4 rings (SSSR count). The Kier molecular flexibility index (Phi) is 8.65. The standard InChI is InChI=1S/C33H58O3SSi/c1-22(37-19-11-17-31(5,6)35)26-14-15-27-25-13-12-23-20-24(36-38(9,10)30(2,3)4)21-29(34)33(23,8)28(25)16-18-32(26,27)7/h12-13,22,24,26-29,34-35H,11,14-21H2,1-10H3/t22-,24-,26-,27+,28+,29+,32-,33+/m1/s1. The number of aliphatic hydroxyl groups excluding tert-OH is 1. The largest absolute Gasteiger partial charge is 0.414 e. The number of aliphatic hydroxyl groups is 2. The van der Waals surface area contributed by atoms with Gasteiger partial charge in [-0.15, -0.1) is 0 Å². The van der Waals surface area contributed by atoms with Gasteiger partial charge in [0.25, 0.3) is 0 Å². The minimum absolute atomic E-state index is 0.138. The molecule has 0 unspecified atom stereocenters. The van der Waals surface area contributed by atoms with Gasteiger partial charge in [-0.05, 0) is 112 Å². The minimum Gasteiger partial charge on any atom is -0.414 e. The summed E-state index contributed by atoms with van der Waals surface area (Å²) in [7, 11) is -1.87. The Morgan fingerprint density at radius 1 is 1.08 bits per heavy atom. The van der Waals surface area contributed by atoms with Crippen LogP contribution in [-0.4, -0.2) is 47.3 Å². The van der Waals surface area contributed by atoms with Gasteiger partial charge in [0.05, 0.1) is 17.8 Å². The van der Waals surface area contributed by atoms with E-state index in [2.05, 4.69) is 78.6 Å². The molecule has 0 saturated heterocycles. The molecule has 0 bridgehead atoms. The topological polar surface area (TPSA) is 49.7 Å². The van der Waals surface area contributed by atoms with E-state index >= 15 is 0 Å². The Hall–Kier alpha value is -0.0731. The van der Waals surface area contributed by atoms with Crippen LogP contribution in [0.5, 0.6) is 0 Å². The number of rotatable bonds is 8. The average molecular weight is 563 g/mol. The second kappa shape index (κ2) is 10.6. The fraction of sp³-hybridized carbons (Fsp3) is 0.879. The van der Waals surface area contributed by atoms with Crippen molar-refractivity contribution in [1.82, 2.24) is 0 Å². The first-order valence-electron chi connectivity index (χ1n) is 15.5. The van der Waals surface area contributed by atoms with Crippen molar-refractivity contribution in [2.45, 2.75) is 148 Å². The number of hydrogen-bond donors (Lipinski definition) is 2. The Labute approximate surface area is 239 Å². The molecule has 0 aromatic rings. The van der Waals surface area contributed by atoms with Crippen LogP contribution in [0.15, 0.2) is 23.3 Å². The molecule has 3 saturated carbocycles. The lowest BCUT2D eigenvalue weighted by molar-refractivity contribution is -0.0498. The van der Waals surface area contributed by atoms with E-state index in [4.69, 9.17) is 4.43 Å². The van der Waals surface area contributed by atoms with Gasteiger partial charge in [0.15, 0.2) is 8.32 Å². The van der Waals surface area contributed by atoms with Gasteiger partial charge in [0, 0.05) is 10.7 Å². The quantitative estimate of drug-likeness (QED) is 0.230. The monoisotopic (exact) mass is 562 g/mol. The predicted octanol–water partition coefficient (Wildman–Crippen LogP) is 8.52. The Bertz CT molecular complexity index is 928. The maximum absolute atomic E-state index is 11.7. The first-order chi connectivity index (χ1) is 17.4. The highest BCUT2D eigenvalue weighted by molar-refractivity contribution is 7.99. The van der Waals surface area contributed by atoms with Crippen molar-refractivity contribution in [3.05, 3.63) is 23.3 Å². The summed E-state index contributed by atoms with van der Waals surface area (Å²) in [6.45, 7) is 22.9. The van der Waals surface area contributed by atoms with Crippen LogP contribution in [0.25, 0.3) is 0 Å². The van der Waals surface area contributed by atoms with Crippen molar-refractivity contribution in [1.29, 1.82) is 0 Å². The van der Waals surface area contributed by atoms with Crippen LogP contribution >= 0.6 is 11.8 Å². The predicted molar refractivity (Wildman–Crippen MR) is 166 cm³/mol. The van der Waals surface area contributed by atoms with Crippen LogP contribution in [0.3, 0.4) is 0 Å². The number of thioether (sulfide) groups is 1. The van der Waals surface area contributed by atoms with Crippen molar-refractivity contribution in [2.24, 2.45) is 28.6 Å². The molecule has 3 fully saturated rings. The first-order valence-corrected chi connectivity index (χ1v) is 19.5. The molecule has 0 spiro atoms. The normalized spacial score (nSPS) is 38.6. The zero-order valence-corrected chi connectivity index (χ0v) is 28.0. The van der Waals surface area contributed by atoms with Crippen LogP contribution in [0.2, 0.25) is 18.1 Å². The lowest BCUT2D eigenvalue weighted by Crippen LogP contribution is -2.54. The molecule has 8 atom stereocenters. The highest BCUT2D eigenvalue weighted by atomic mass is 32.2. The number of allylic oxidation sites excluding steroid dienone is 3. The first kappa shape index (κ1) is 30.9. The minimum atomic E-state index is -1.87. The Morgan fingerprint density at radius 3 is 2.39 bits per heavy atom. The Morgan fingerprint density at radius 2 is 1.76 bits per heavy atom. The van der Waals surface area contributed by atoms with Gasteiger partial charge < -0.3 is 14.6 Å². The molecular weight excluding hydrogens is 505 g/mol. The van der Waals surface area contributed by atoms with Crippen molar-refractivity contribution in [2.75, 3.05) is 5.75 Å². The Balaban J connectivity index is 1.49. The van der Waals surface area contributed by atoms with E-state index < -0.39 is 13.9 Å². The molecule has 0 aliphatic heterocycles. The summed E-state index contributed by atoms with van der Waals surface area (Å²) in [5, 5.41) is 22.7. The third kappa shape index (κ3) is 5.67. The summed E-state index contributed by atoms with van der Waals surface area (Å²) in [5.74, 6) is 3.01. The third-order valence-corrected chi connectivity index (χ3v) is 17.8. The van der Waals surface area contributed by atoms with E-state index in [1.54, 1.807) is 5.57 Å². The van der Waals surface area contributed by atoms with Crippen molar-refractivity contribution in [3.8, 4) is 0 Å². The van der Waals surface area contributed by atoms with Crippen LogP contribution in [-0.2, 0) is 4.43 Å². The zero-order valence-electron chi connectivity index (χ0n) is 26.2. The molecule has 0 radical (unpaired) electrons. The highest BCUT2D eigenvalue weighted by Gasteiger charge is 2.59. The van der Waals surface area contributed by atoms with E-state index in [0.717, 1.165) is 37.4 Å². The molecule has 3 nitrogen and oxygen atoms in total. The fourth-order valence-electron chi connectivity index (χ4n) is 8.42. The highest BCUT2D eigenvalue weighted by Crippen LogP contribution is 2.66. The molecule has 0 heterocycles. The summed E-state index contributed by atoms with van der Waals surface area (Å²) in [4.78, 5) is 0. The lowest BCUT2D eigenvalue weighted by Gasteiger charge is -2.57. The molecule has 38 heavy (non-hydrogen) atoms. The van der Waals surface area contributed by atoms with E-state index in [9.17, 15) is 10.2 Å².